The van der Waals surface area contributed by atoms with E-state index in [4.69, 9.17) is 4.84 Å². The number of nitrogens with zero attached hydrogens (tertiary/aromatic N) is 4. The number of hydrogen-bond donors (Lipinski definition) is 0. The average Bonchev–Trinajstić information content (AvgIpc) is 2.86. The molecule has 0 unspecified atom stereocenters. The first-order chi connectivity index (χ1) is 11.0. The summed E-state index contributed by atoms with van der Waals surface area (Å²) in [5.41, 5.74) is 2.27. The Hall–Kier alpha value is -2.63. The van der Waals surface area contributed by atoms with Crippen molar-refractivity contribution < 1.29 is 4.84 Å². The maximum atomic E-state index is 12.6. The van der Waals surface area contributed by atoms with Gasteiger partial charge in [-0.15, -0.1) is 4.73 Å². The third-order valence-corrected chi connectivity index (χ3v) is 3.65. The summed E-state index contributed by atoms with van der Waals surface area (Å²) in [4.78, 5) is 22.4. The molecule has 0 atom stereocenters. The number of aryl methyl sites for hydroxylation is 1. The molecule has 0 saturated heterocycles. The lowest BCUT2D eigenvalue weighted by Crippen LogP contribution is -2.30. The van der Waals surface area contributed by atoms with Gasteiger partial charge in [-0.2, -0.15) is 5.10 Å². The highest BCUT2D eigenvalue weighted by Gasteiger charge is 2.16. The Balaban J connectivity index is 2.23. The minimum absolute atomic E-state index is 0.242. The predicted octanol–water partition coefficient (Wildman–Crippen LogP) is 2.15. The standard InChI is InChI=1S/C17H20N4O2/c1-11(2)9-13-10-12(3)20(19-13)17-18-15-8-6-5-7-14(15)16(22)21(17)23-4/h5-8,10-11H,9H2,1-4H3. The molecule has 0 saturated carbocycles. The van der Waals surface area contributed by atoms with E-state index in [2.05, 4.69) is 23.9 Å². The number of aromatic nitrogens is 4. The van der Waals surface area contributed by atoms with Gasteiger partial charge in [0.15, 0.2) is 0 Å². The van der Waals surface area contributed by atoms with E-state index in [1.807, 2.05) is 31.2 Å². The van der Waals surface area contributed by atoms with Crippen LogP contribution in [0.4, 0.5) is 0 Å². The first-order valence-electron chi connectivity index (χ1n) is 7.63. The highest BCUT2D eigenvalue weighted by molar-refractivity contribution is 5.77. The normalized spacial score (nSPS) is 11.3. The predicted molar refractivity (Wildman–Crippen MR) is 88.9 cm³/mol. The van der Waals surface area contributed by atoms with Gasteiger partial charge in [-0.3, -0.25) is 4.79 Å². The molecule has 0 aliphatic carbocycles. The van der Waals surface area contributed by atoms with Crippen LogP contribution in [0.5, 0.6) is 0 Å². The van der Waals surface area contributed by atoms with Gasteiger partial charge >= 0.3 is 0 Å². The van der Waals surface area contributed by atoms with Crippen molar-refractivity contribution in [2.45, 2.75) is 27.2 Å². The lowest BCUT2D eigenvalue weighted by atomic mass is 10.1. The Morgan fingerprint density at radius 2 is 2.00 bits per heavy atom. The Morgan fingerprint density at radius 1 is 1.26 bits per heavy atom. The fraction of sp³-hybridized carbons (Fsp3) is 0.353. The summed E-state index contributed by atoms with van der Waals surface area (Å²) >= 11 is 0. The van der Waals surface area contributed by atoms with Gasteiger partial charge < -0.3 is 4.84 Å². The molecule has 0 fully saturated rings. The van der Waals surface area contributed by atoms with Crippen LogP contribution in [0.15, 0.2) is 35.1 Å². The van der Waals surface area contributed by atoms with Crippen LogP contribution in [-0.2, 0) is 6.42 Å². The molecule has 120 valence electrons. The first kappa shape index (κ1) is 15.3. The fourth-order valence-corrected chi connectivity index (χ4v) is 2.66. The number of para-hydroxylation sites is 1. The summed E-state index contributed by atoms with van der Waals surface area (Å²) in [5, 5.41) is 5.11. The molecule has 0 aliphatic rings. The number of benzene rings is 1. The third kappa shape index (κ3) is 2.72. The quantitative estimate of drug-likeness (QED) is 0.740. The zero-order valence-electron chi connectivity index (χ0n) is 13.8. The van der Waals surface area contributed by atoms with Crippen molar-refractivity contribution in [1.29, 1.82) is 0 Å². The molecule has 0 N–H and O–H groups in total. The van der Waals surface area contributed by atoms with Crippen LogP contribution in [0, 0.1) is 12.8 Å². The van der Waals surface area contributed by atoms with Crippen molar-refractivity contribution >= 4 is 10.9 Å². The zero-order chi connectivity index (χ0) is 16.6. The van der Waals surface area contributed by atoms with Crippen LogP contribution in [0.2, 0.25) is 0 Å². The highest BCUT2D eigenvalue weighted by atomic mass is 16.7. The van der Waals surface area contributed by atoms with Gasteiger partial charge in [0.2, 0.25) is 0 Å². The van der Waals surface area contributed by atoms with Crippen molar-refractivity contribution in [3.05, 3.63) is 52.1 Å². The van der Waals surface area contributed by atoms with Gasteiger partial charge in [0.25, 0.3) is 11.5 Å². The molecular weight excluding hydrogens is 292 g/mol. The number of fused-ring (bicyclic) bond motifs is 1. The van der Waals surface area contributed by atoms with Crippen molar-refractivity contribution in [2.24, 2.45) is 5.92 Å². The van der Waals surface area contributed by atoms with E-state index in [9.17, 15) is 4.79 Å². The summed E-state index contributed by atoms with van der Waals surface area (Å²) in [6.07, 6.45) is 0.874. The van der Waals surface area contributed by atoms with Crippen LogP contribution in [0.25, 0.3) is 16.9 Å². The molecule has 23 heavy (non-hydrogen) atoms. The SMILES string of the molecule is COn1c(-n2nc(CC(C)C)cc2C)nc2ccccc2c1=O. The van der Waals surface area contributed by atoms with Gasteiger partial charge in [0.05, 0.1) is 16.6 Å². The lowest BCUT2D eigenvalue weighted by molar-refractivity contribution is 0.152. The van der Waals surface area contributed by atoms with Gasteiger partial charge in [-0.1, -0.05) is 26.0 Å². The molecule has 3 aromatic rings. The molecule has 2 aromatic heterocycles. The highest BCUT2D eigenvalue weighted by Crippen LogP contribution is 2.14. The van der Waals surface area contributed by atoms with Crippen molar-refractivity contribution in [3.8, 4) is 5.95 Å². The van der Waals surface area contributed by atoms with Crippen molar-refractivity contribution in [1.82, 2.24) is 19.5 Å². The Morgan fingerprint density at radius 3 is 2.70 bits per heavy atom. The smallest absolute Gasteiger partial charge is 0.295 e. The first-order valence-corrected chi connectivity index (χ1v) is 7.63. The van der Waals surface area contributed by atoms with E-state index in [0.717, 1.165) is 17.8 Å². The second-order valence-electron chi connectivity index (χ2n) is 6.00. The van der Waals surface area contributed by atoms with Crippen molar-refractivity contribution in [2.75, 3.05) is 7.11 Å². The second kappa shape index (κ2) is 5.87. The van der Waals surface area contributed by atoms with Gasteiger partial charge in [0, 0.05) is 5.69 Å². The molecule has 0 amide bonds. The van der Waals surface area contributed by atoms with E-state index in [1.54, 1.807) is 10.7 Å². The molecular formula is C17H20N4O2. The Kier molecular flexibility index (Phi) is 3.90. The molecule has 2 heterocycles. The monoisotopic (exact) mass is 312 g/mol. The molecule has 0 aliphatic heterocycles. The summed E-state index contributed by atoms with van der Waals surface area (Å²) in [6.45, 7) is 6.24. The molecule has 3 rings (SSSR count). The summed E-state index contributed by atoms with van der Waals surface area (Å²) in [5.74, 6) is 0.871. The summed E-state index contributed by atoms with van der Waals surface area (Å²) in [6, 6.07) is 9.24. The molecule has 0 bridgehead atoms. The number of rotatable bonds is 4. The summed E-state index contributed by atoms with van der Waals surface area (Å²) in [7, 11) is 1.45. The zero-order valence-corrected chi connectivity index (χ0v) is 13.8. The van der Waals surface area contributed by atoms with E-state index in [-0.39, 0.29) is 5.56 Å². The second-order valence-corrected chi connectivity index (χ2v) is 6.00. The minimum Gasteiger partial charge on any atom is -0.411 e. The van der Waals surface area contributed by atoms with Gasteiger partial charge in [-0.25, -0.2) is 9.67 Å². The van der Waals surface area contributed by atoms with Crippen LogP contribution in [0.3, 0.4) is 0 Å². The Labute approximate surface area is 134 Å². The summed E-state index contributed by atoms with van der Waals surface area (Å²) < 4.78 is 2.84. The third-order valence-electron chi connectivity index (χ3n) is 3.65. The van der Waals surface area contributed by atoms with Crippen molar-refractivity contribution in [3.63, 3.8) is 0 Å². The maximum Gasteiger partial charge on any atom is 0.295 e. The topological polar surface area (TPSA) is 61.9 Å². The molecule has 1 aromatic carbocycles. The van der Waals surface area contributed by atoms with Crippen LogP contribution >= 0.6 is 0 Å². The van der Waals surface area contributed by atoms with E-state index >= 15 is 0 Å². The molecule has 6 nitrogen and oxygen atoms in total. The van der Waals surface area contributed by atoms with E-state index in [0.29, 0.717) is 22.8 Å². The van der Waals surface area contributed by atoms with Crippen LogP contribution in [-0.4, -0.2) is 26.6 Å². The lowest BCUT2D eigenvalue weighted by Gasteiger charge is -2.12. The van der Waals surface area contributed by atoms with E-state index in [1.165, 1.54) is 11.8 Å². The molecule has 0 spiro atoms. The fourth-order valence-electron chi connectivity index (χ4n) is 2.66. The minimum atomic E-state index is -0.242. The largest absolute Gasteiger partial charge is 0.411 e. The number of hydrogen-bond acceptors (Lipinski definition) is 4. The maximum absolute atomic E-state index is 12.6. The molecule has 6 heteroatoms. The average molecular weight is 312 g/mol. The van der Waals surface area contributed by atoms with Gasteiger partial charge in [0.1, 0.15) is 7.11 Å². The van der Waals surface area contributed by atoms with Crippen LogP contribution < -0.4 is 10.4 Å². The van der Waals surface area contributed by atoms with Crippen LogP contribution in [0.1, 0.15) is 25.2 Å². The van der Waals surface area contributed by atoms with Gasteiger partial charge in [-0.05, 0) is 37.5 Å². The molecule has 0 radical (unpaired) electrons. The Bertz CT molecular complexity index is 909. The van der Waals surface area contributed by atoms with E-state index < -0.39 is 0 Å².